The Labute approximate surface area is 254 Å². The summed E-state index contributed by atoms with van der Waals surface area (Å²) in [5.74, 6) is -2.66. The number of carboxylic acid groups (broad SMARTS) is 1. The maximum absolute atomic E-state index is 13.7. The van der Waals surface area contributed by atoms with Crippen molar-refractivity contribution in [3.8, 4) is 5.69 Å². The zero-order valence-corrected chi connectivity index (χ0v) is 25.5. The first-order valence-electron chi connectivity index (χ1n) is 12.8. The van der Waals surface area contributed by atoms with Crippen molar-refractivity contribution in [3.05, 3.63) is 82.2 Å². The molecule has 1 amide bonds. The first-order chi connectivity index (χ1) is 18.4. The summed E-state index contributed by atoms with van der Waals surface area (Å²) in [6.07, 6.45) is -2.58. The van der Waals surface area contributed by atoms with Crippen LogP contribution in [0.3, 0.4) is 0 Å². The van der Waals surface area contributed by atoms with Crippen LogP contribution in [0.4, 0.5) is 8.78 Å². The molecule has 0 bridgehead atoms. The normalized spacial score (nSPS) is 12.6. The molecule has 1 heterocycles. The number of aromatic nitrogens is 2. The number of carboxylic acids is 1. The van der Waals surface area contributed by atoms with Crippen molar-refractivity contribution in [1.29, 1.82) is 0 Å². The minimum absolute atomic E-state index is 0. The van der Waals surface area contributed by atoms with Crippen LogP contribution in [0.25, 0.3) is 5.69 Å². The Hall–Kier alpha value is -2.63. The number of carbonyl (C=O) groups excluding carboxylic acids is 2. The maximum atomic E-state index is 13.7. The number of aliphatic carboxylic acids is 1. The molecule has 2 aromatic carbocycles. The summed E-state index contributed by atoms with van der Waals surface area (Å²) >= 11 is 0. The number of aliphatic hydroxyl groups is 2. The summed E-state index contributed by atoms with van der Waals surface area (Å²) in [5.41, 5.74) is 3.26. The van der Waals surface area contributed by atoms with Gasteiger partial charge in [-0.1, -0.05) is 26.0 Å². The topological polar surface area (TPSA) is 119 Å². The molecule has 0 unspecified atom stereocenters. The number of aliphatic hydroxyl groups excluding tert-OH is 2. The molecule has 0 aliphatic heterocycles. The molecule has 210 valence electrons. The van der Waals surface area contributed by atoms with E-state index in [4.69, 9.17) is 0 Å². The van der Waals surface area contributed by atoms with Crippen molar-refractivity contribution < 1.29 is 63.2 Å². The Kier molecular flexibility index (Phi) is 12.5. The Bertz CT molecular complexity index is 1310. The van der Waals surface area contributed by atoms with Crippen molar-refractivity contribution in [2.24, 2.45) is 0 Å². The third-order valence-electron chi connectivity index (χ3n) is 6.52. The molecule has 2 N–H and O–H groups in total. The minimum Gasteiger partial charge on any atom is -0.550 e. The van der Waals surface area contributed by atoms with E-state index in [9.17, 15) is 33.7 Å². The molecule has 1 aromatic heterocycles. The standard InChI is InChI=1S/C29H35F2N3O5.Na/c1-17(2)27-25(12-10-22(35)14-23(36)15-26(37)38)34(21-8-6-20(30)7-9-21)32-28(27)29(39)33(4)16-19-5-11-24(31)18(3)13-19;/h5-9,11,13,17,22-23,35-36H,10,12,14-16H2,1-4H3,(H,37,38);/q;+1/p-1/t22-,23-;/m1./s1. The van der Waals surface area contributed by atoms with Gasteiger partial charge in [0.05, 0.1) is 17.9 Å². The molecule has 2 atom stereocenters. The zero-order chi connectivity index (χ0) is 28.9. The predicted octanol–water partition coefficient (Wildman–Crippen LogP) is 0.0430. The molecular weight excluding hydrogens is 531 g/mol. The molecule has 0 spiro atoms. The fraction of sp³-hybridized carbons (Fsp3) is 0.414. The van der Waals surface area contributed by atoms with Gasteiger partial charge in [-0.05, 0) is 73.6 Å². The number of amides is 1. The summed E-state index contributed by atoms with van der Waals surface area (Å²) in [6, 6.07) is 10.3. The number of rotatable bonds is 12. The summed E-state index contributed by atoms with van der Waals surface area (Å²) < 4.78 is 28.9. The van der Waals surface area contributed by atoms with Crippen molar-refractivity contribution in [2.75, 3.05) is 7.05 Å². The Morgan fingerprint density at radius 2 is 1.73 bits per heavy atom. The minimum atomic E-state index is -1.41. The van der Waals surface area contributed by atoms with Crippen LogP contribution in [0.2, 0.25) is 0 Å². The third kappa shape index (κ3) is 8.68. The fourth-order valence-electron chi connectivity index (χ4n) is 4.61. The summed E-state index contributed by atoms with van der Waals surface area (Å²) in [6.45, 7) is 5.71. The molecule has 3 aromatic rings. The molecule has 0 fully saturated rings. The van der Waals surface area contributed by atoms with Crippen LogP contribution in [0.15, 0.2) is 42.5 Å². The van der Waals surface area contributed by atoms with Gasteiger partial charge in [-0.2, -0.15) is 5.10 Å². The fourth-order valence-corrected chi connectivity index (χ4v) is 4.61. The van der Waals surface area contributed by atoms with Crippen LogP contribution >= 0.6 is 0 Å². The van der Waals surface area contributed by atoms with Gasteiger partial charge in [-0.15, -0.1) is 0 Å². The number of carbonyl (C=O) groups is 2. The predicted molar refractivity (Wildman–Crippen MR) is 139 cm³/mol. The van der Waals surface area contributed by atoms with Crippen molar-refractivity contribution in [2.45, 2.75) is 71.1 Å². The second-order valence-electron chi connectivity index (χ2n) is 10.2. The van der Waals surface area contributed by atoms with Crippen molar-refractivity contribution >= 4 is 11.9 Å². The number of halogens is 2. The molecule has 8 nitrogen and oxygen atoms in total. The quantitative estimate of drug-likeness (QED) is 0.300. The number of hydrogen-bond donors (Lipinski definition) is 2. The smallest absolute Gasteiger partial charge is 0.550 e. The first-order valence-corrected chi connectivity index (χ1v) is 12.8. The molecule has 40 heavy (non-hydrogen) atoms. The van der Waals surface area contributed by atoms with Gasteiger partial charge < -0.3 is 25.0 Å². The Balaban J connectivity index is 0.00000560. The molecule has 0 saturated carbocycles. The molecular formula is C29H34F2N3NaO5. The molecule has 0 saturated heterocycles. The first kappa shape index (κ1) is 33.6. The molecule has 11 heteroatoms. The number of hydrogen-bond acceptors (Lipinski definition) is 6. The van der Waals surface area contributed by atoms with Gasteiger partial charge in [-0.3, -0.25) is 4.79 Å². The summed E-state index contributed by atoms with van der Waals surface area (Å²) in [7, 11) is 1.63. The largest absolute Gasteiger partial charge is 1.00 e. The van der Waals surface area contributed by atoms with Crippen LogP contribution in [-0.2, 0) is 17.8 Å². The van der Waals surface area contributed by atoms with Gasteiger partial charge in [0, 0.05) is 37.2 Å². The average molecular weight is 566 g/mol. The number of aryl methyl sites for hydroxylation is 1. The van der Waals surface area contributed by atoms with E-state index in [0.717, 1.165) is 5.56 Å². The van der Waals surface area contributed by atoms with Crippen LogP contribution in [-0.4, -0.2) is 56.0 Å². The average Bonchev–Trinajstić information content (AvgIpc) is 3.24. The van der Waals surface area contributed by atoms with E-state index in [1.807, 2.05) is 13.8 Å². The SMILES string of the molecule is Cc1cc(CN(C)C(=O)c2nn(-c3ccc(F)cc3)c(CC[C@@H](O)C[C@@H](O)CC(=O)[O-])c2C(C)C)ccc1F.[Na+]. The van der Waals surface area contributed by atoms with Crippen molar-refractivity contribution in [3.63, 3.8) is 0 Å². The van der Waals surface area contributed by atoms with Crippen LogP contribution < -0.4 is 34.7 Å². The van der Waals surface area contributed by atoms with Gasteiger partial charge in [0.2, 0.25) is 0 Å². The molecule has 3 rings (SSSR count). The second kappa shape index (κ2) is 14.8. The van der Waals surface area contributed by atoms with E-state index in [0.29, 0.717) is 22.5 Å². The number of benzene rings is 2. The zero-order valence-electron chi connectivity index (χ0n) is 23.5. The summed E-state index contributed by atoms with van der Waals surface area (Å²) in [4.78, 5) is 25.9. The van der Waals surface area contributed by atoms with E-state index in [2.05, 4.69) is 5.10 Å². The van der Waals surface area contributed by atoms with E-state index in [1.165, 1.54) is 35.2 Å². The van der Waals surface area contributed by atoms with E-state index in [-0.39, 0.29) is 78.7 Å². The van der Waals surface area contributed by atoms with Crippen LogP contribution in [0.5, 0.6) is 0 Å². The van der Waals surface area contributed by atoms with E-state index in [1.54, 1.807) is 30.8 Å². The van der Waals surface area contributed by atoms with E-state index >= 15 is 0 Å². The third-order valence-corrected chi connectivity index (χ3v) is 6.52. The Morgan fingerprint density at radius 1 is 1.07 bits per heavy atom. The van der Waals surface area contributed by atoms with Crippen LogP contribution in [0, 0.1) is 18.6 Å². The molecule has 0 aliphatic carbocycles. The van der Waals surface area contributed by atoms with Gasteiger partial charge in [0.25, 0.3) is 5.91 Å². The monoisotopic (exact) mass is 565 g/mol. The molecule has 0 radical (unpaired) electrons. The van der Waals surface area contributed by atoms with Crippen LogP contribution in [0.1, 0.15) is 71.9 Å². The van der Waals surface area contributed by atoms with Gasteiger partial charge >= 0.3 is 29.6 Å². The van der Waals surface area contributed by atoms with Gasteiger partial charge in [-0.25, -0.2) is 13.5 Å². The number of nitrogens with zero attached hydrogens (tertiary/aromatic N) is 3. The maximum Gasteiger partial charge on any atom is 1.00 e. The van der Waals surface area contributed by atoms with Crippen molar-refractivity contribution in [1.82, 2.24) is 14.7 Å². The summed E-state index contributed by atoms with van der Waals surface area (Å²) in [5, 5.41) is 35.7. The van der Waals surface area contributed by atoms with Gasteiger partial charge in [0.1, 0.15) is 11.6 Å². The second-order valence-corrected chi connectivity index (χ2v) is 10.2. The van der Waals surface area contributed by atoms with Gasteiger partial charge in [0.15, 0.2) is 5.69 Å². The Morgan fingerprint density at radius 3 is 2.30 bits per heavy atom. The van der Waals surface area contributed by atoms with E-state index < -0.39 is 30.4 Å². The molecule has 0 aliphatic rings.